The van der Waals surface area contributed by atoms with E-state index in [0.717, 1.165) is 0 Å². The van der Waals surface area contributed by atoms with E-state index in [1.165, 1.54) is 12.4 Å². The van der Waals surface area contributed by atoms with Crippen LogP contribution in [-0.2, 0) is 4.74 Å². The zero-order chi connectivity index (χ0) is 9.84. The Kier molecular flexibility index (Phi) is 3.19. The van der Waals surface area contributed by atoms with Gasteiger partial charge in [-0.15, -0.1) is 0 Å². The Bertz CT molecular complexity index is 298. The van der Waals surface area contributed by atoms with Crippen LogP contribution >= 0.6 is 11.6 Å². The van der Waals surface area contributed by atoms with Gasteiger partial charge in [-0.3, -0.25) is 0 Å². The first kappa shape index (κ1) is 9.92. The lowest BCUT2D eigenvalue weighted by Crippen LogP contribution is -2.14. The minimum absolute atomic E-state index is 0.0260. The average molecular weight is 201 g/mol. The Balaban J connectivity index is 2.72. The number of hydrogen-bond acceptors (Lipinski definition) is 4. The Morgan fingerprint density at radius 3 is 2.46 bits per heavy atom. The highest BCUT2D eigenvalue weighted by Crippen LogP contribution is 2.04. The Labute approximate surface area is 80.9 Å². The molecule has 1 heterocycles. The van der Waals surface area contributed by atoms with Gasteiger partial charge in [0.05, 0.1) is 11.1 Å². The largest absolute Gasteiger partial charge is 0.457 e. The van der Waals surface area contributed by atoms with Crippen LogP contribution in [0.25, 0.3) is 0 Å². The minimum atomic E-state index is -0.535. The van der Waals surface area contributed by atoms with Gasteiger partial charge in [0.1, 0.15) is 0 Å². The molecular formula is C8H9ClN2O2. The summed E-state index contributed by atoms with van der Waals surface area (Å²) < 4.78 is 4.87. The van der Waals surface area contributed by atoms with E-state index in [1.54, 1.807) is 13.8 Å². The number of rotatable bonds is 2. The predicted octanol–water partition coefficient (Wildman–Crippen LogP) is 1.70. The molecule has 0 saturated carbocycles. The van der Waals surface area contributed by atoms with E-state index in [2.05, 4.69) is 9.97 Å². The van der Waals surface area contributed by atoms with Crippen LogP contribution in [0.2, 0.25) is 5.02 Å². The summed E-state index contributed by atoms with van der Waals surface area (Å²) in [5.41, 5.74) is 0. The van der Waals surface area contributed by atoms with Crippen molar-refractivity contribution >= 4 is 17.6 Å². The van der Waals surface area contributed by atoms with Crippen LogP contribution in [0.1, 0.15) is 24.5 Å². The molecule has 0 amide bonds. The molecule has 4 nitrogen and oxygen atoms in total. The normalized spacial score (nSPS) is 10.2. The summed E-state index contributed by atoms with van der Waals surface area (Å²) in [6.45, 7) is 3.52. The number of carbonyl (C=O) groups excluding carboxylic acids is 1. The molecule has 0 aliphatic carbocycles. The molecule has 5 heteroatoms. The molecule has 0 aliphatic rings. The van der Waals surface area contributed by atoms with Gasteiger partial charge in [-0.2, -0.15) is 0 Å². The van der Waals surface area contributed by atoms with Crippen LogP contribution in [0.5, 0.6) is 0 Å². The van der Waals surface area contributed by atoms with Crippen LogP contribution in [0.4, 0.5) is 0 Å². The van der Waals surface area contributed by atoms with Gasteiger partial charge >= 0.3 is 5.97 Å². The molecule has 0 atom stereocenters. The van der Waals surface area contributed by atoms with Crippen molar-refractivity contribution in [2.45, 2.75) is 20.0 Å². The summed E-state index contributed by atoms with van der Waals surface area (Å²) in [4.78, 5) is 18.6. The maximum absolute atomic E-state index is 11.2. The van der Waals surface area contributed by atoms with Gasteiger partial charge in [0.15, 0.2) is 0 Å². The molecule has 13 heavy (non-hydrogen) atoms. The lowest BCUT2D eigenvalue weighted by atomic mass is 10.5. The molecule has 0 aromatic carbocycles. The van der Waals surface area contributed by atoms with E-state index in [-0.39, 0.29) is 11.9 Å². The zero-order valence-corrected chi connectivity index (χ0v) is 8.08. The van der Waals surface area contributed by atoms with E-state index in [0.29, 0.717) is 5.02 Å². The van der Waals surface area contributed by atoms with Crippen molar-refractivity contribution in [2.24, 2.45) is 0 Å². The Morgan fingerprint density at radius 2 is 2.00 bits per heavy atom. The molecule has 0 N–H and O–H groups in total. The fourth-order valence-corrected chi connectivity index (χ4v) is 0.782. The summed E-state index contributed by atoms with van der Waals surface area (Å²) >= 11 is 5.54. The first-order valence-electron chi connectivity index (χ1n) is 3.78. The molecule has 0 unspecified atom stereocenters. The second-order valence-corrected chi connectivity index (χ2v) is 3.12. The van der Waals surface area contributed by atoms with Crippen LogP contribution in [0.15, 0.2) is 12.4 Å². The quantitative estimate of drug-likeness (QED) is 0.682. The molecular weight excluding hydrogens is 192 g/mol. The van der Waals surface area contributed by atoms with Gasteiger partial charge in [0.25, 0.3) is 0 Å². The van der Waals surface area contributed by atoms with Crippen molar-refractivity contribution in [1.82, 2.24) is 9.97 Å². The third kappa shape index (κ3) is 2.99. The first-order valence-corrected chi connectivity index (χ1v) is 4.16. The topological polar surface area (TPSA) is 52.1 Å². The van der Waals surface area contributed by atoms with Crippen LogP contribution in [0, 0.1) is 0 Å². The van der Waals surface area contributed by atoms with E-state index < -0.39 is 5.97 Å². The lowest BCUT2D eigenvalue weighted by Gasteiger charge is -2.05. The number of carbonyl (C=O) groups is 1. The number of aromatic nitrogens is 2. The maximum Gasteiger partial charge on any atom is 0.376 e. The van der Waals surface area contributed by atoms with Gasteiger partial charge in [-0.25, -0.2) is 14.8 Å². The summed E-state index contributed by atoms with van der Waals surface area (Å²) in [5.74, 6) is -0.509. The third-order valence-electron chi connectivity index (χ3n) is 1.15. The predicted molar refractivity (Wildman–Crippen MR) is 47.6 cm³/mol. The third-order valence-corrected chi connectivity index (χ3v) is 1.34. The smallest absolute Gasteiger partial charge is 0.376 e. The summed E-state index contributed by atoms with van der Waals surface area (Å²) in [5, 5.41) is 0.390. The number of esters is 1. The lowest BCUT2D eigenvalue weighted by molar-refractivity contribution is 0.0363. The zero-order valence-electron chi connectivity index (χ0n) is 7.32. The molecule has 0 saturated heterocycles. The van der Waals surface area contributed by atoms with Crippen molar-refractivity contribution in [3.8, 4) is 0 Å². The molecule has 0 spiro atoms. The Morgan fingerprint density at radius 1 is 1.46 bits per heavy atom. The Hall–Kier alpha value is -1.16. The van der Waals surface area contributed by atoms with E-state index in [9.17, 15) is 4.79 Å². The van der Waals surface area contributed by atoms with E-state index in [1.807, 2.05) is 0 Å². The molecule has 0 radical (unpaired) electrons. The van der Waals surface area contributed by atoms with Crippen molar-refractivity contribution in [1.29, 1.82) is 0 Å². The molecule has 1 aromatic heterocycles. The average Bonchev–Trinajstić information content (AvgIpc) is 2.04. The fraction of sp³-hybridized carbons (Fsp3) is 0.375. The second kappa shape index (κ2) is 4.18. The van der Waals surface area contributed by atoms with Gasteiger partial charge in [-0.1, -0.05) is 11.6 Å². The molecule has 0 bridgehead atoms. The van der Waals surface area contributed by atoms with Crippen LogP contribution in [-0.4, -0.2) is 22.0 Å². The first-order chi connectivity index (χ1) is 6.09. The van der Waals surface area contributed by atoms with Crippen molar-refractivity contribution < 1.29 is 9.53 Å². The SMILES string of the molecule is CC(C)OC(=O)c1ncc(Cl)cn1. The standard InChI is InChI=1S/C8H9ClN2O2/c1-5(2)13-8(12)7-10-3-6(9)4-11-7/h3-5H,1-2H3. The molecule has 0 aliphatic heterocycles. The molecule has 1 aromatic rings. The van der Waals surface area contributed by atoms with Crippen LogP contribution < -0.4 is 0 Å². The van der Waals surface area contributed by atoms with Gasteiger partial charge < -0.3 is 4.74 Å². The summed E-state index contributed by atoms with van der Waals surface area (Å²) in [6, 6.07) is 0. The highest BCUT2D eigenvalue weighted by atomic mass is 35.5. The fourth-order valence-electron chi connectivity index (χ4n) is 0.684. The number of nitrogens with zero attached hydrogens (tertiary/aromatic N) is 2. The van der Waals surface area contributed by atoms with E-state index in [4.69, 9.17) is 16.3 Å². The van der Waals surface area contributed by atoms with Crippen LogP contribution in [0.3, 0.4) is 0 Å². The van der Waals surface area contributed by atoms with Gasteiger partial charge in [0, 0.05) is 12.4 Å². The highest BCUT2D eigenvalue weighted by molar-refractivity contribution is 6.30. The van der Waals surface area contributed by atoms with Crippen molar-refractivity contribution in [3.63, 3.8) is 0 Å². The van der Waals surface area contributed by atoms with Crippen molar-refractivity contribution in [2.75, 3.05) is 0 Å². The summed E-state index contributed by atoms with van der Waals surface area (Å²) in [7, 11) is 0. The summed E-state index contributed by atoms with van der Waals surface area (Å²) in [6.07, 6.45) is 2.53. The van der Waals surface area contributed by atoms with Crippen molar-refractivity contribution in [3.05, 3.63) is 23.2 Å². The second-order valence-electron chi connectivity index (χ2n) is 2.68. The molecule has 70 valence electrons. The van der Waals surface area contributed by atoms with Gasteiger partial charge in [0.2, 0.25) is 5.82 Å². The molecule has 0 fully saturated rings. The maximum atomic E-state index is 11.2. The molecule has 1 rings (SSSR count). The number of hydrogen-bond donors (Lipinski definition) is 0. The minimum Gasteiger partial charge on any atom is -0.457 e. The number of halogens is 1. The highest BCUT2D eigenvalue weighted by Gasteiger charge is 2.11. The monoisotopic (exact) mass is 200 g/mol. The van der Waals surface area contributed by atoms with E-state index >= 15 is 0 Å². The number of ether oxygens (including phenoxy) is 1. The van der Waals surface area contributed by atoms with Gasteiger partial charge in [-0.05, 0) is 13.8 Å².